The van der Waals surface area contributed by atoms with Crippen LogP contribution in [0.1, 0.15) is 21.5 Å². The Morgan fingerprint density at radius 2 is 1.85 bits per heavy atom. The van der Waals surface area contributed by atoms with Crippen molar-refractivity contribution in [2.24, 2.45) is 0 Å². The van der Waals surface area contributed by atoms with Crippen molar-refractivity contribution in [2.45, 2.75) is 6.54 Å². The predicted octanol–water partition coefficient (Wildman–Crippen LogP) is 4.66. The van der Waals surface area contributed by atoms with E-state index in [-0.39, 0.29) is 18.2 Å². The average Bonchev–Trinajstić information content (AvgIpc) is 2.83. The van der Waals surface area contributed by atoms with E-state index in [2.05, 4.69) is 10.6 Å². The highest BCUT2D eigenvalue weighted by atomic mass is 35.5. The second kappa shape index (κ2) is 9.67. The fraction of sp³-hybridized carbons (Fsp3) is 0.120. The maximum atomic E-state index is 12.7. The molecule has 0 unspecified atom stereocenters. The summed E-state index contributed by atoms with van der Waals surface area (Å²) in [6.45, 7) is 0.264. The quantitative estimate of drug-likeness (QED) is 0.518. The average molecular weight is 465 g/mol. The molecule has 1 aliphatic rings. The fourth-order valence-electron chi connectivity index (χ4n) is 3.29. The number of hydrogen-bond acceptors (Lipinski definition) is 5. The van der Waals surface area contributed by atoms with E-state index in [1.807, 2.05) is 6.07 Å². The minimum Gasteiger partial charge on any atom is -0.497 e. The molecular weight excluding hydrogens is 444 g/mol. The van der Waals surface area contributed by atoms with Crippen LogP contribution < -0.4 is 24.8 Å². The van der Waals surface area contributed by atoms with Crippen molar-refractivity contribution in [2.75, 3.05) is 19.5 Å². The molecule has 0 fully saturated rings. The van der Waals surface area contributed by atoms with Crippen LogP contribution >= 0.6 is 11.6 Å². The standard InChI is InChI=1S/C25H21ClN2O5/c1-31-19-9-5-17(22(13-19)32-2)14-27-24(29)16-6-10-21-20(12-16)28-25(30)23(33-21)11-15-3-7-18(26)8-4-15/h3-13H,14H2,1-2H3,(H,27,29)(H,28,30)/b23-11+. The molecule has 3 aromatic carbocycles. The normalized spacial score (nSPS) is 13.5. The summed E-state index contributed by atoms with van der Waals surface area (Å²) >= 11 is 5.90. The molecule has 0 bridgehead atoms. The Hall–Kier alpha value is -3.97. The number of halogens is 1. The molecule has 2 amide bonds. The van der Waals surface area contributed by atoms with Crippen LogP contribution in [0, 0.1) is 0 Å². The number of benzene rings is 3. The first-order valence-electron chi connectivity index (χ1n) is 10.1. The number of anilines is 1. The summed E-state index contributed by atoms with van der Waals surface area (Å²) in [5, 5.41) is 6.23. The van der Waals surface area contributed by atoms with Gasteiger partial charge in [-0.15, -0.1) is 0 Å². The SMILES string of the molecule is COc1ccc(CNC(=O)c2ccc3c(c2)NC(=O)/C(=C\c2ccc(Cl)cc2)O3)c(OC)c1. The lowest BCUT2D eigenvalue weighted by Gasteiger charge is -2.20. The van der Waals surface area contributed by atoms with E-state index < -0.39 is 5.91 Å². The fourth-order valence-corrected chi connectivity index (χ4v) is 3.41. The Morgan fingerprint density at radius 1 is 1.06 bits per heavy atom. The molecule has 3 aromatic rings. The second-order valence-electron chi connectivity index (χ2n) is 7.19. The lowest BCUT2D eigenvalue weighted by atomic mass is 10.1. The van der Waals surface area contributed by atoms with E-state index in [0.717, 1.165) is 11.1 Å². The van der Waals surface area contributed by atoms with E-state index in [0.29, 0.717) is 33.5 Å². The van der Waals surface area contributed by atoms with Crippen LogP contribution in [0.4, 0.5) is 5.69 Å². The van der Waals surface area contributed by atoms with E-state index in [1.54, 1.807) is 74.9 Å². The Labute approximate surface area is 195 Å². The number of hydrogen-bond donors (Lipinski definition) is 2. The molecule has 33 heavy (non-hydrogen) atoms. The van der Waals surface area contributed by atoms with Crippen LogP contribution in [0.25, 0.3) is 6.08 Å². The zero-order chi connectivity index (χ0) is 23.4. The summed E-state index contributed by atoms with van der Waals surface area (Å²) in [5.74, 6) is 1.17. The number of fused-ring (bicyclic) bond motifs is 1. The molecule has 1 heterocycles. The topological polar surface area (TPSA) is 85.9 Å². The van der Waals surface area contributed by atoms with Crippen molar-refractivity contribution in [1.29, 1.82) is 0 Å². The van der Waals surface area contributed by atoms with Gasteiger partial charge in [0.15, 0.2) is 11.5 Å². The van der Waals surface area contributed by atoms with Crippen LogP contribution in [0.2, 0.25) is 5.02 Å². The highest BCUT2D eigenvalue weighted by Crippen LogP contribution is 2.32. The first-order chi connectivity index (χ1) is 16.0. The molecular formula is C25H21ClN2O5. The Balaban J connectivity index is 1.46. The van der Waals surface area contributed by atoms with Gasteiger partial charge in [0.2, 0.25) is 0 Å². The summed E-state index contributed by atoms with van der Waals surface area (Å²) in [5.41, 5.74) is 2.38. The summed E-state index contributed by atoms with van der Waals surface area (Å²) in [6, 6.07) is 17.3. The molecule has 8 heteroatoms. The minimum atomic E-state index is -0.405. The number of carbonyl (C=O) groups excluding carboxylic acids is 2. The van der Waals surface area contributed by atoms with Crippen molar-refractivity contribution in [3.8, 4) is 17.2 Å². The highest BCUT2D eigenvalue weighted by molar-refractivity contribution is 6.30. The zero-order valence-electron chi connectivity index (χ0n) is 18.0. The molecule has 1 aliphatic heterocycles. The smallest absolute Gasteiger partial charge is 0.291 e. The monoisotopic (exact) mass is 464 g/mol. The molecule has 0 aromatic heterocycles. The molecule has 0 saturated heterocycles. The summed E-state index contributed by atoms with van der Waals surface area (Å²) < 4.78 is 16.3. The molecule has 0 saturated carbocycles. The van der Waals surface area contributed by atoms with Gasteiger partial charge in [0.25, 0.3) is 11.8 Å². The maximum Gasteiger partial charge on any atom is 0.291 e. The van der Waals surface area contributed by atoms with Gasteiger partial charge in [-0.3, -0.25) is 9.59 Å². The lowest BCUT2D eigenvalue weighted by molar-refractivity contribution is -0.115. The zero-order valence-corrected chi connectivity index (χ0v) is 18.7. The molecule has 4 rings (SSSR count). The van der Waals surface area contributed by atoms with Gasteiger partial charge >= 0.3 is 0 Å². The Morgan fingerprint density at radius 3 is 2.58 bits per heavy atom. The van der Waals surface area contributed by atoms with Gasteiger partial charge in [-0.25, -0.2) is 0 Å². The van der Waals surface area contributed by atoms with Crippen LogP contribution in [0.5, 0.6) is 17.2 Å². The van der Waals surface area contributed by atoms with Gasteiger partial charge < -0.3 is 24.8 Å². The number of methoxy groups -OCH3 is 2. The number of ether oxygens (including phenoxy) is 3. The third-order valence-electron chi connectivity index (χ3n) is 5.04. The van der Waals surface area contributed by atoms with Crippen LogP contribution in [0.15, 0.2) is 66.4 Å². The molecule has 0 spiro atoms. The largest absolute Gasteiger partial charge is 0.497 e. The molecule has 168 valence electrons. The van der Waals surface area contributed by atoms with E-state index in [1.165, 1.54) is 0 Å². The first-order valence-corrected chi connectivity index (χ1v) is 10.4. The van der Waals surface area contributed by atoms with Crippen molar-refractivity contribution < 1.29 is 23.8 Å². The number of amides is 2. The molecule has 0 radical (unpaired) electrons. The lowest BCUT2D eigenvalue weighted by Crippen LogP contribution is -2.26. The van der Waals surface area contributed by atoms with E-state index in [4.69, 9.17) is 25.8 Å². The predicted molar refractivity (Wildman–Crippen MR) is 126 cm³/mol. The summed E-state index contributed by atoms with van der Waals surface area (Å²) in [7, 11) is 3.13. The van der Waals surface area contributed by atoms with Crippen LogP contribution in [0.3, 0.4) is 0 Å². The highest BCUT2D eigenvalue weighted by Gasteiger charge is 2.23. The van der Waals surface area contributed by atoms with Gasteiger partial charge in [0.05, 0.1) is 19.9 Å². The van der Waals surface area contributed by atoms with Gasteiger partial charge in [0, 0.05) is 28.8 Å². The third-order valence-corrected chi connectivity index (χ3v) is 5.29. The molecule has 7 nitrogen and oxygen atoms in total. The number of nitrogens with one attached hydrogen (secondary N) is 2. The van der Waals surface area contributed by atoms with E-state index >= 15 is 0 Å². The molecule has 0 aliphatic carbocycles. The minimum absolute atomic E-state index is 0.147. The maximum absolute atomic E-state index is 12.7. The van der Waals surface area contributed by atoms with Gasteiger partial charge in [-0.1, -0.05) is 23.7 Å². The molecule has 2 N–H and O–H groups in total. The number of carbonyl (C=O) groups is 2. The summed E-state index contributed by atoms with van der Waals surface area (Å²) in [4.78, 5) is 25.2. The van der Waals surface area contributed by atoms with Crippen LogP contribution in [-0.2, 0) is 11.3 Å². The van der Waals surface area contributed by atoms with Crippen molar-refractivity contribution in [3.63, 3.8) is 0 Å². The van der Waals surface area contributed by atoms with Gasteiger partial charge in [-0.2, -0.15) is 0 Å². The van der Waals surface area contributed by atoms with Crippen molar-refractivity contribution in [3.05, 3.63) is 88.1 Å². The first kappa shape index (κ1) is 22.2. The van der Waals surface area contributed by atoms with E-state index in [9.17, 15) is 9.59 Å². The second-order valence-corrected chi connectivity index (χ2v) is 7.62. The van der Waals surface area contributed by atoms with Gasteiger partial charge in [-0.05, 0) is 54.1 Å². The number of rotatable bonds is 6. The van der Waals surface area contributed by atoms with Crippen LogP contribution in [-0.4, -0.2) is 26.0 Å². The third kappa shape index (κ3) is 5.10. The Kier molecular flexibility index (Phi) is 6.51. The summed E-state index contributed by atoms with van der Waals surface area (Å²) in [6.07, 6.45) is 1.62. The van der Waals surface area contributed by atoms with Crippen molar-refractivity contribution in [1.82, 2.24) is 5.32 Å². The van der Waals surface area contributed by atoms with Crippen molar-refractivity contribution >= 4 is 35.2 Å². The Bertz CT molecular complexity index is 1240. The molecule has 0 atom stereocenters. The van der Waals surface area contributed by atoms with Gasteiger partial charge in [0.1, 0.15) is 11.5 Å².